The first-order chi connectivity index (χ1) is 9.15. The molecule has 1 N–H and O–H groups in total. The molecular weight excluding hydrogens is 328 g/mol. The minimum Gasteiger partial charge on any atom is -0.336 e. The van der Waals surface area contributed by atoms with Gasteiger partial charge in [0.2, 0.25) is 5.91 Å². The number of nitrogens with one attached hydrogen (secondary N) is 1. The Kier molecular flexibility index (Phi) is 3.54. The second-order valence-corrected chi connectivity index (χ2v) is 6.53. The summed E-state index contributed by atoms with van der Waals surface area (Å²) in [6, 6.07) is 5.77. The van der Waals surface area contributed by atoms with E-state index in [1.807, 2.05) is 17.0 Å². The summed E-state index contributed by atoms with van der Waals surface area (Å²) in [6.07, 6.45) is 0.869. The molecule has 1 atom stereocenters. The normalized spacial score (nSPS) is 22.1. The van der Waals surface area contributed by atoms with Crippen LogP contribution >= 0.6 is 27.7 Å². The van der Waals surface area contributed by atoms with E-state index in [1.165, 1.54) is 22.9 Å². The smallest absolute Gasteiger partial charge is 0.279 e. The van der Waals surface area contributed by atoms with Gasteiger partial charge in [-0.05, 0) is 23.6 Å². The van der Waals surface area contributed by atoms with Gasteiger partial charge in [-0.3, -0.25) is 9.59 Å². The minimum absolute atomic E-state index is 0.0275. The highest BCUT2D eigenvalue weighted by molar-refractivity contribution is 9.10. The van der Waals surface area contributed by atoms with Crippen LogP contribution in [0, 0.1) is 0 Å². The van der Waals surface area contributed by atoms with E-state index in [-0.39, 0.29) is 17.2 Å². The van der Waals surface area contributed by atoms with Crippen molar-refractivity contribution in [1.29, 1.82) is 0 Å². The Balaban J connectivity index is 1.76. The number of nitrogens with zero attached hydrogens (tertiary/aromatic N) is 1. The Labute approximate surface area is 124 Å². The van der Waals surface area contributed by atoms with E-state index >= 15 is 0 Å². The highest BCUT2D eigenvalue weighted by Gasteiger charge is 2.33. The third-order valence-electron chi connectivity index (χ3n) is 3.50. The van der Waals surface area contributed by atoms with Crippen molar-refractivity contribution in [1.82, 2.24) is 10.2 Å². The first-order valence-electron chi connectivity index (χ1n) is 6.13. The van der Waals surface area contributed by atoms with E-state index in [0.29, 0.717) is 12.3 Å². The number of thioether (sulfide) groups is 1. The lowest BCUT2D eigenvalue weighted by molar-refractivity contribution is -0.133. The number of hydrogen-bond donors (Lipinski definition) is 1. The molecule has 0 spiro atoms. The van der Waals surface area contributed by atoms with Gasteiger partial charge in [-0.25, -0.2) is 0 Å². The maximum absolute atomic E-state index is 12.3. The number of carbonyl (C=O) groups is 2. The molecule has 2 aliphatic heterocycles. The number of carbonyl (C=O) groups excluding carboxylic acids is 2. The lowest BCUT2D eigenvalue weighted by Gasteiger charge is -2.31. The van der Waals surface area contributed by atoms with Crippen LogP contribution in [0.15, 0.2) is 22.7 Å². The van der Waals surface area contributed by atoms with E-state index in [1.54, 1.807) is 0 Å². The molecule has 0 saturated carbocycles. The summed E-state index contributed by atoms with van der Waals surface area (Å²) >= 11 is 4.72. The molecule has 0 aliphatic carbocycles. The van der Waals surface area contributed by atoms with Gasteiger partial charge in [0.25, 0.3) is 5.24 Å². The molecule has 2 amide bonds. The number of halogens is 1. The Morgan fingerprint density at radius 3 is 3.05 bits per heavy atom. The summed E-state index contributed by atoms with van der Waals surface area (Å²) in [5.41, 5.74) is 2.47. The number of fused-ring (bicyclic) bond motifs is 1. The van der Waals surface area contributed by atoms with Crippen molar-refractivity contribution in [2.75, 3.05) is 12.3 Å². The third-order valence-corrected chi connectivity index (χ3v) is 5.12. The monoisotopic (exact) mass is 340 g/mol. The van der Waals surface area contributed by atoms with Crippen LogP contribution in [-0.4, -0.2) is 34.4 Å². The first-order valence-corrected chi connectivity index (χ1v) is 7.91. The molecule has 0 aromatic heterocycles. The Morgan fingerprint density at radius 2 is 2.32 bits per heavy atom. The number of rotatable bonds is 1. The molecule has 1 aromatic carbocycles. The minimum atomic E-state index is -0.360. The fraction of sp³-hybridized carbons (Fsp3) is 0.385. The lowest BCUT2D eigenvalue weighted by atomic mass is 9.99. The van der Waals surface area contributed by atoms with Crippen LogP contribution < -0.4 is 5.32 Å². The number of hydrogen-bond acceptors (Lipinski definition) is 3. The van der Waals surface area contributed by atoms with Gasteiger partial charge >= 0.3 is 0 Å². The molecule has 1 aromatic rings. The predicted molar refractivity (Wildman–Crippen MR) is 78.0 cm³/mol. The fourth-order valence-corrected chi connectivity index (χ4v) is 3.77. The molecular formula is C13H13BrN2O2S. The highest BCUT2D eigenvalue weighted by Crippen LogP contribution is 2.27. The zero-order valence-corrected chi connectivity index (χ0v) is 12.6. The highest BCUT2D eigenvalue weighted by atomic mass is 79.9. The van der Waals surface area contributed by atoms with Crippen molar-refractivity contribution < 1.29 is 9.59 Å². The van der Waals surface area contributed by atoms with Crippen LogP contribution in [0.4, 0.5) is 4.79 Å². The second kappa shape index (κ2) is 5.17. The van der Waals surface area contributed by atoms with Crippen molar-refractivity contribution in [3.8, 4) is 0 Å². The summed E-state index contributed by atoms with van der Waals surface area (Å²) in [5, 5.41) is 2.61. The van der Waals surface area contributed by atoms with E-state index < -0.39 is 0 Å². The van der Waals surface area contributed by atoms with Crippen molar-refractivity contribution >= 4 is 38.8 Å². The van der Waals surface area contributed by atoms with Crippen LogP contribution in [0.5, 0.6) is 0 Å². The van der Waals surface area contributed by atoms with E-state index in [0.717, 1.165) is 17.4 Å². The Morgan fingerprint density at radius 1 is 1.47 bits per heavy atom. The van der Waals surface area contributed by atoms with Crippen molar-refractivity contribution in [3.05, 3.63) is 33.8 Å². The van der Waals surface area contributed by atoms with Crippen LogP contribution in [0.1, 0.15) is 11.1 Å². The number of benzene rings is 1. The summed E-state index contributed by atoms with van der Waals surface area (Å²) in [5.74, 6) is 0.566. The molecule has 1 fully saturated rings. The molecule has 2 heterocycles. The third kappa shape index (κ3) is 2.51. The topological polar surface area (TPSA) is 49.4 Å². The largest absolute Gasteiger partial charge is 0.336 e. The summed E-state index contributed by atoms with van der Waals surface area (Å²) in [4.78, 5) is 25.4. The summed E-state index contributed by atoms with van der Waals surface area (Å²) < 4.78 is 1.05. The molecule has 3 rings (SSSR count). The molecule has 0 radical (unpaired) electrons. The summed E-state index contributed by atoms with van der Waals surface area (Å²) in [6.45, 7) is 1.34. The predicted octanol–water partition coefficient (Wildman–Crippen LogP) is 2.16. The standard InChI is InChI=1S/C13H13BrN2O2S/c14-10-3-1-2-8-4-5-16(6-9(8)10)12(17)11-7-19-13(18)15-11/h1-3,11H,4-7H2,(H,15,18)/t11-/m0/s1. The Bertz CT molecular complexity index is 549. The molecule has 19 heavy (non-hydrogen) atoms. The van der Waals surface area contributed by atoms with Gasteiger partial charge in [-0.15, -0.1) is 0 Å². The average molecular weight is 341 g/mol. The van der Waals surface area contributed by atoms with E-state index in [2.05, 4.69) is 27.3 Å². The van der Waals surface area contributed by atoms with Gasteiger partial charge in [0, 0.05) is 23.3 Å². The zero-order chi connectivity index (χ0) is 13.4. The van der Waals surface area contributed by atoms with Gasteiger partial charge in [-0.1, -0.05) is 39.8 Å². The van der Waals surface area contributed by atoms with Crippen molar-refractivity contribution in [3.63, 3.8) is 0 Å². The van der Waals surface area contributed by atoms with Gasteiger partial charge in [-0.2, -0.15) is 0 Å². The fourth-order valence-electron chi connectivity index (χ4n) is 2.47. The molecule has 0 bridgehead atoms. The van der Waals surface area contributed by atoms with Crippen molar-refractivity contribution in [2.24, 2.45) is 0 Å². The molecule has 100 valence electrons. The van der Waals surface area contributed by atoms with E-state index in [4.69, 9.17) is 0 Å². The van der Waals surface area contributed by atoms with Crippen LogP contribution in [0.3, 0.4) is 0 Å². The zero-order valence-electron chi connectivity index (χ0n) is 10.2. The molecule has 6 heteroatoms. The average Bonchev–Trinajstić information content (AvgIpc) is 2.85. The quantitative estimate of drug-likeness (QED) is 0.852. The second-order valence-electron chi connectivity index (χ2n) is 4.68. The Hall–Kier alpha value is -1.01. The maximum Gasteiger partial charge on any atom is 0.279 e. The van der Waals surface area contributed by atoms with Gasteiger partial charge < -0.3 is 10.2 Å². The number of amides is 2. The molecule has 0 unspecified atom stereocenters. The maximum atomic E-state index is 12.3. The first kappa shape index (κ1) is 13.0. The summed E-state index contributed by atoms with van der Waals surface area (Å²) in [7, 11) is 0. The van der Waals surface area contributed by atoms with E-state index in [9.17, 15) is 9.59 Å². The SMILES string of the molecule is O=C1N[C@H](C(=O)N2CCc3cccc(Br)c3C2)CS1. The van der Waals surface area contributed by atoms with Crippen LogP contribution in [0.25, 0.3) is 0 Å². The van der Waals surface area contributed by atoms with Gasteiger partial charge in [0.15, 0.2) is 0 Å². The van der Waals surface area contributed by atoms with Gasteiger partial charge in [0.05, 0.1) is 0 Å². The van der Waals surface area contributed by atoms with Gasteiger partial charge in [0.1, 0.15) is 6.04 Å². The van der Waals surface area contributed by atoms with Crippen LogP contribution in [0.2, 0.25) is 0 Å². The van der Waals surface area contributed by atoms with Crippen LogP contribution in [-0.2, 0) is 17.8 Å². The molecule has 4 nitrogen and oxygen atoms in total. The van der Waals surface area contributed by atoms with Crippen molar-refractivity contribution in [2.45, 2.75) is 19.0 Å². The molecule has 1 saturated heterocycles. The molecule has 2 aliphatic rings. The lowest BCUT2D eigenvalue weighted by Crippen LogP contribution is -2.47.